The van der Waals surface area contributed by atoms with E-state index >= 15 is 0 Å². The molecule has 1 saturated carbocycles. The number of benzene rings is 1. The molecule has 1 unspecified atom stereocenters. The Balaban J connectivity index is 1.87. The van der Waals surface area contributed by atoms with Gasteiger partial charge < -0.3 is 9.84 Å². The fourth-order valence-corrected chi connectivity index (χ4v) is 3.82. The molecule has 3 nitrogen and oxygen atoms in total. The normalized spacial score (nSPS) is 24.7. The highest BCUT2D eigenvalue weighted by atomic mass is 16.5. The Morgan fingerprint density at radius 2 is 1.70 bits per heavy atom. The highest BCUT2D eigenvalue weighted by Gasteiger charge is 2.46. The van der Waals surface area contributed by atoms with Gasteiger partial charge in [-0.15, -0.1) is 0 Å². The van der Waals surface area contributed by atoms with E-state index in [1.807, 2.05) is 0 Å². The van der Waals surface area contributed by atoms with Crippen LogP contribution in [0, 0.1) is 6.92 Å². The van der Waals surface area contributed by atoms with Gasteiger partial charge in [0.1, 0.15) is 0 Å². The molecule has 0 amide bonds. The van der Waals surface area contributed by atoms with Crippen LogP contribution in [0.25, 0.3) is 0 Å². The lowest BCUT2D eigenvalue weighted by Gasteiger charge is -2.46. The molecule has 0 spiro atoms. The third-order valence-electron chi connectivity index (χ3n) is 5.01. The number of ether oxygens (including phenoxy) is 1. The number of aliphatic hydroxyl groups excluding tert-OH is 1. The maximum atomic E-state index is 11.0. The first-order chi connectivity index (χ1) is 9.72. The van der Waals surface area contributed by atoms with E-state index in [0.717, 1.165) is 44.7 Å². The first kappa shape index (κ1) is 14.1. The number of rotatable bonds is 3. The summed E-state index contributed by atoms with van der Waals surface area (Å²) >= 11 is 0. The van der Waals surface area contributed by atoms with Gasteiger partial charge in [0.05, 0.1) is 24.9 Å². The SMILES string of the molecule is Cc1ccc(C(O)C2(N3CCOCC3)CCCC2)cc1. The van der Waals surface area contributed by atoms with Crippen molar-refractivity contribution >= 4 is 0 Å². The monoisotopic (exact) mass is 275 g/mol. The fraction of sp³-hybridized carbons (Fsp3) is 0.647. The molecule has 3 heteroatoms. The molecule has 1 aliphatic heterocycles. The molecule has 0 aromatic heterocycles. The predicted octanol–water partition coefficient (Wildman–Crippen LogP) is 2.67. The summed E-state index contributed by atoms with van der Waals surface area (Å²) in [6.45, 7) is 5.57. The first-order valence-corrected chi connectivity index (χ1v) is 7.80. The van der Waals surface area contributed by atoms with E-state index in [1.54, 1.807) is 0 Å². The highest BCUT2D eigenvalue weighted by Crippen LogP contribution is 2.44. The Morgan fingerprint density at radius 1 is 1.10 bits per heavy atom. The van der Waals surface area contributed by atoms with E-state index in [2.05, 4.69) is 36.1 Å². The van der Waals surface area contributed by atoms with Crippen molar-refractivity contribution in [2.24, 2.45) is 0 Å². The highest BCUT2D eigenvalue weighted by molar-refractivity contribution is 5.26. The average Bonchev–Trinajstić information content (AvgIpc) is 2.99. The van der Waals surface area contributed by atoms with Crippen molar-refractivity contribution in [1.82, 2.24) is 4.90 Å². The van der Waals surface area contributed by atoms with Crippen LogP contribution in [-0.4, -0.2) is 41.8 Å². The molecular weight excluding hydrogens is 250 g/mol. The summed E-state index contributed by atoms with van der Waals surface area (Å²) in [6.07, 6.45) is 4.26. The second-order valence-electron chi connectivity index (χ2n) is 6.22. The summed E-state index contributed by atoms with van der Waals surface area (Å²) in [6, 6.07) is 8.36. The van der Waals surface area contributed by atoms with Crippen molar-refractivity contribution in [3.05, 3.63) is 35.4 Å². The van der Waals surface area contributed by atoms with Crippen LogP contribution >= 0.6 is 0 Å². The van der Waals surface area contributed by atoms with E-state index in [4.69, 9.17) is 4.74 Å². The summed E-state index contributed by atoms with van der Waals surface area (Å²) in [5.41, 5.74) is 2.23. The molecule has 1 N–H and O–H groups in total. The standard InChI is InChI=1S/C17H25NO2/c1-14-4-6-15(7-5-14)16(19)17(8-2-3-9-17)18-10-12-20-13-11-18/h4-7,16,19H,2-3,8-13H2,1H3. The summed E-state index contributed by atoms with van der Waals surface area (Å²) in [5.74, 6) is 0. The average molecular weight is 275 g/mol. The molecule has 20 heavy (non-hydrogen) atoms. The van der Waals surface area contributed by atoms with Gasteiger partial charge >= 0.3 is 0 Å². The van der Waals surface area contributed by atoms with Crippen LogP contribution in [0.15, 0.2) is 24.3 Å². The van der Waals surface area contributed by atoms with Crippen molar-refractivity contribution in [2.45, 2.75) is 44.2 Å². The lowest BCUT2D eigenvalue weighted by molar-refractivity contribution is -0.0774. The lowest BCUT2D eigenvalue weighted by Crippen LogP contribution is -2.55. The van der Waals surface area contributed by atoms with Gasteiger partial charge in [-0.2, -0.15) is 0 Å². The maximum Gasteiger partial charge on any atom is 0.0973 e. The van der Waals surface area contributed by atoms with Crippen LogP contribution < -0.4 is 0 Å². The van der Waals surface area contributed by atoms with Crippen molar-refractivity contribution in [3.63, 3.8) is 0 Å². The van der Waals surface area contributed by atoms with Gasteiger partial charge in [0.2, 0.25) is 0 Å². The van der Waals surface area contributed by atoms with Gasteiger partial charge in [-0.1, -0.05) is 42.7 Å². The number of hydrogen-bond acceptors (Lipinski definition) is 3. The van der Waals surface area contributed by atoms with Crippen molar-refractivity contribution < 1.29 is 9.84 Å². The Hall–Kier alpha value is -0.900. The minimum Gasteiger partial charge on any atom is -0.386 e. The topological polar surface area (TPSA) is 32.7 Å². The Bertz CT molecular complexity index is 431. The number of aliphatic hydroxyl groups is 1. The van der Waals surface area contributed by atoms with Crippen LogP contribution in [0.4, 0.5) is 0 Å². The minimum atomic E-state index is -0.385. The zero-order valence-corrected chi connectivity index (χ0v) is 12.3. The van der Waals surface area contributed by atoms with E-state index in [1.165, 1.54) is 18.4 Å². The molecule has 1 aliphatic carbocycles. The molecule has 2 aliphatic rings. The third kappa shape index (κ3) is 2.50. The molecule has 3 rings (SSSR count). The van der Waals surface area contributed by atoms with E-state index < -0.39 is 0 Å². The van der Waals surface area contributed by atoms with Gasteiger partial charge in [-0.05, 0) is 25.3 Å². The second kappa shape index (κ2) is 5.84. The summed E-state index contributed by atoms with van der Waals surface area (Å²) in [7, 11) is 0. The van der Waals surface area contributed by atoms with Crippen LogP contribution in [0.1, 0.15) is 42.9 Å². The third-order valence-corrected chi connectivity index (χ3v) is 5.01. The molecule has 1 heterocycles. The summed E-state index contributed by atoms with van der Waals surface area (Å²) in [5, 5.41) is 11.0. The first-order valence-electron chi connectivity index (χ1n) is 7.80. The number of nitrogens with zero attached hydrogens (tertiary/aromatic N) is 1. The lowest BCUT2D eigenvalue weighted by atomic mass is 9.83. The molecule has 1 atom stereocenters. The van der Waals surface area contributed by atoms with E-state index in [-0.39, 0.29) is 11.6 Å². The van der Waals surface area contributed by atoms with Gasteiger partial charge in [0.25, 0.3) is 0 Å². The van der Waals surface area contributed by atoms with Crippen molar-refractivity contribution in [2.75, 3.05) is 26.3 Å². The van der Waals surface area contributed by atoms with Gasteiger partial charge in [-0.25, -0.2) is 0 Å². The molecule has 1 aromatic rings. The molecule has 1 saturated heterocycles. The molecule has 2 fully saturated rings. The van der Waals surface area contributed by atoms with Crippen LogP contribution in [0.2, 0.25) is 0 Å². The van der Waals surface area contributed by atoms with Crippen LogP contribution in [0.5, 0.6) is 0 Å². The molecule has 0 radical (unpaired) electrons. The van der Waals surface area contributed by atoms with Crippen LogP contribution in [0.3, 0.4) is 0 Å². The molecule has 1 aromatic carbocycles. The Labute approximate surface area is 121 Å². The maximum absolute atomic E-state index is 11.0. The van der Waals surface area contributed by atoms with Gasteiger partial charge in [-0.3, -0.25) is 4.90 Å². The summed E-state index contributed by atoms with van der Waals surface area (Å²) < 4.78 is 5.48. The van der Waals surface area contributed by atoms with Gasteiger partial charge in [0, 0.05) is 13.1 Å². The van der Waals surface area contributed by atoms with Crippen LogP contribution in [-0.2, 0) is 4.74 Å². The minimum absolute atomic E-state index is 0.0704. The van der Waals surface area contributed by atoms with Crippen molar-refractivity contribution in [1.29, 1.82) is 0 Å². The molecule has 110 valence electrons. The Morgan fingerprint density at radius 3 is 2.30 bits per heavy atom. The quantitative estimate of drug-likeness (QED) is 0.920. The number of morpholine rings is 1. The zero-order valence-electron chi connectivity index (χ0n) is 12.3. The number of aryl methyl sites for hydroxylation is 1. The molecular formula is C17H25NO2. The smallest absolute Gasteiger partial charge is 0.0973 e. The Kier molecular flexibility index (Phi) is 4.11. The number of hydrogen-bond donors (Lipinski definition) is 1. The second-order valence-corrected chi connectivity index (χ2v) is 6.22. The van der Waals surface area contributed by atoms with Gasteiger partial charge in [0.15, 0.2) is 0 Å². The van der Waals surface area contributed by atoms with E-state index in [0.29, 0.717) is 0 Å². The van der Waals surface area contributed by atoms with E-state index in [9.17, 15) is 5.11 Å². The molecule has 0 bridgehead atoms. The fourth-order valence-electron chi connectivity index (χ4n) is 3.82. The summed E-state index contributed by atoms with van der Waals surface area (Å²) in [4.78, 5) is 2.48. The largest absolute Gasteiger partial charge is 0.386 e. The predicted molar refractivity (Wildman–Crippen MR) is 79.7 cm³/mol. The van der Waals surface area contributed by atoms with Crippen molar-refractivity contribution in [3.8, 4) is 0 Å². The zero-order chi connectivity index (χ0) is 14.0.